The smallest absolute Gasteiger partial charge is 0.161 e. The van der Waals surface area contributed by atoms with Crippen molar-refractivity contribution >= 4 is 12.4 Å². The summed E-state index contributed by atoms with van der Waals surface area (Å²) in [7, 11) is 0. The first-order chi connectivity index (χ1) is 11.6. The second-order valence-electron chi connectivity index (χ2n) is 6.49. The molecular weight excluding hydrogens is 334 g/mol. The Balaban J connectivity index is 0.00000312. The van der Waals surface area contributed by atoms with Gasteiger partial charge in [-0.15, -0.1) is 12.4 Å². The molecule has 1 atom stereocenters. The molecule has 138 valence electrons. The molecule has 0 spiro atoms. The monoisotopic (exact) mass is 363 g/mol. The normalized spacial score (nSPS) is 11.7. The fourth-order valence-electron chi connectivity index (χ4n) is 2.56. The molecule has 2 aromatic rings. The van der Waals surface area contributed by atoms with Crippen LogP contribution in [0, 0.1) is 5.92 Å². The fourth-order valence-corrected chi connectivity index (χ4v) is 2.56. The van der Waals surface area contributed by atoms with Crippen LogP contribution in [0.15, 0.2) is 48.5 Å². The predicted molar refractivity (Wildman–Crippen MR) is 107 cm³/mol. The van der Waals surface area contributed by atoms with Crippen LogP contribution in [-0.2, 0) is 6.61 Å². The van der Waals surface area contributed by atoms with E-state index in [0.29, 0.717) is 19.1 Å². The number of hydrogen-bond donors (Lipinski definition) is 1. The second-order valence-corrected chi connectivity index (χ2v) is 6.49. The molecule has 0 aliphatic carbocycles. The third-order valence-electron chi connectivity index (χ3n) is 3.99. The topological polar surface area (TPSA) is 44.5 Å². The molecule has 2 rings (SSSR count). The van der Waals surface area contributed by atoms with Gasteiger partial charge < -0.3 is 15.2 Å². The number of rotatable bonds is 9. The van der Waals surface area contributed by atoms with E-state index in [1.54, 1.807) is 0 Å². The molecule has 0 aromatic heterocycles. The van der Waals surface area contributed by atoms with Crippen LogP contribution >= 0.6 is 12.4 Å². The second kappa shape index (κ2) is 11.0. The van der Waals surface area contributed by atoms with E-state index in [1.165, 1.54) is 0 Å². The summed E-state index contributed by atoms with van der Waals surface area (Å²) in [4.78, 5) is 0. The van der Waals surface area contributed by atoms with Gasteiger partial charge in [0.1, 0.15) is 6.61 Å². The van der Waals surface area contributed by atoms with E-state index in [0.717, 1.165) is 35.5 Å². The Bertz CT molecular complexity index is 617. The average molecular weight is 364 g/mol. The summed E-state index contributed by atoms with van der Waals surface area (Å²) in [5, 5.41) is 0. The molecule has 2 N–H and O–H groups in total. The maximum Gasteiger partial charge on any atom is 0.161 e. The van der Waals surface area contributed by atoms with Crippen LogP contribution < -0.4 is 15.2 Å². The highest BCUT2D eigenvalue weighted by molar-refractivity contribution is 5.85. The Morgan fingerprint density at radius 2 is 1.64 bits per heavy atom. The maximum absolute atomic E-state index is 6.33. The molecule has 0 fully saturated rings. The van der Waals surface area contributed by atoms with Crippen molar-refractivity contribution in [3.8, 4) is 11.5 Å². The molecule has 0 aliphatic rings. The van der Waals surface area contributed by atoms with Gasteiger partial charge in [-0.3, -0.25) is 0 Å². The SMILES string of the molecule is CCOc1cc([C@@H](N)CCC(C)C)ccc1OCc1ccccc1.Cl. The van der Waals surface area contributed by atoms with Crippen molar-refractivity contribution in [2.75, 3.05) is 6.61 Å². The Morgan fingerprint density at radius 3 is 2.28 bits per heavy atom. The van der Waals surface area contributed by atoms with E-state index in [1.807, 2.05) is 43.3 Å². The van der Waals surface area contributed by atoms with Crippen molar-refractivity contribution in [1.82, 2.24) is 0 Å². The summed E-state index contributed by atoms with van der Waals surface area (Å²) in [5.74, 6) is 2.20. The Labute approximate surface area is 157 Å². The number of nitrogens with two attached hydrogens (primary N) is 1. The van der Waals surface area contributed by atoms with E-state index in [2.05, 4.69) is 26.0 Å². The van der Waals surface area contributed by atoms with Crippen molar-refractivity contribution in [1.29, 1.82) is 0 Å². The summed E-state index contributed by atoms with van der Waals surface area (Å²) >= 11 is 0. The lowest BCUT2D eigenvalue weighted by Crippen LogP contribution is -2.11. The minimum Gasteiger partial charge on any atom is -0.490 e. The molecule has 0 saturated carbocycles. The van der Waals surface area contributed by atoms with Gasteiger partial charge in [0.05, 0.1) is 6.61 Å². The first-order valence-corrected chi connectivity index (χ1v) is 8.79. The molecule has 0 radical (unpaired) electrons. The number of benzene rings is 2. The molecule has 0 bridgehead atoms. The highest BCUT2D eigenvalue weighted by Crippen LogP contribution is 2.32. The fraction of sp³-hybridized carbons (Fsp3) is 0.429. The lowest BCUT2D eigenvalue weighted by molar-refractivity contribution is 0.269. The zero-order valence-electron chi connectivity index (χ0n) is 15.4. The lowest BCUT2D eigenvalue weighted by Gasteiger charge is -2.17. The lowest BCUT2D eigenvalue weighted by atomic mass is 9.98. The molecule has 0 amide bonds. The summed E-state index contributed by atoms with van der Waals surface area (Å²) in [6.45, 7) is 7.55. The van der Waals surface area contributed by atoms with Crippen LogP contribution in [0.4, 0.5) is 0 Å². The third-order valence-corrected chi connectivity index (χ3v) is 3.99. The van der Waals surface area contributed by atoms with Crippen LogP contribution in [0.3, 0.4) is 0 Å². The van der Waals surface area contributed by atoms with Crippen molar-refractivity contribution in [3.63, 3.8) is 0 Å². The van der Waals surface area contributed by atoms with E-state index in [4.69, 9.17) is 15.2 Å². The van der Waals surface area contributed by atoms with Gasteiger partial charge in [-0.05, 0) is 48.9 Å². The standard InChI is InChI=1S/C21H29NO2.ClH/c1-4-23-21-14-18(19(22)12-10-16(2)3)11-13-20(21)24-15-17-8-6-5-7-9-17;/h5-9,11,13-14,16,19H,4,10,12,15,22H2,1-3H3;1H/t19-;/m0./s1. The Morgan fingerprint density at radius 1 is 0.920 bits per heavy atom. The third kappa shape index (κ3) is 6.97. The van der Waals surface area contributed by atoms with Crippen LogP contribution in [0.5, 0.6) is 11.5 Å². The molecule has 4 heteroatoms. The predicted octanol–water partition coefficient (Wildman–Crippen LogP) is 5.52. The van der Waals surface area contributed by atoms with Gasteiger partial charge in [-0.25, -0.2) is 0 Å². The average Bonchev–Trinajstić information content (AvgIpc) is 2.59. The summed E-state index contributed by atoms with van der Waals surface area (Å²) in [6.07, 6.45) is 2.10. The molecule has 0 saturated heterocycles. The van der Waals surface area contributed by atoms with Crippen LogP contribution in [0.2, 0.25) is 0 Å². The van der Waals surface area contributed by atoms with Crippen molar-refractivity contribution in [3.05, 3.63) is 59.7 Å². The van der Waals surface area contributed by atoms with Crippen LogP contribution in [0.1, 0.15) is 50.8 Å². The van der Waals surface area contributed by atoms with E-state index in [-0.39, 0.29) is 18.4 Å². The van der Waals surface area contributed by atoms with Crippen LogP contribution in [-0.4, -0.2) is 6.61 Å². The summed E-state index contributed by atoms with van der Waals surface area (Å²) in [5.41, 5.74) is 8.57. The van der Waals surface area contributed by atoms with Gasteiger partial charge in [-0.2, -0.15) is 0 Å². The molecule has 25 heavy (non-hydrogen) atoms. The Hall–Kier alpha value is -1.71. The van der Waals surface area contributed by atoms with Gasteiger partial charge in [0, 0.05) is 6.04 Å². The summed E-state index contributed by atoms with van der Waals surface area (Å²) in [6, 6.07) is 16.2. The van der Waals surface area contributed by atoms with E-state index in [9.17, 15) is 0 Å². The highest BCUT2D eigenvalue weighted by Gasteiger charge is 2.12. The number of hydrogen-bond acceptors (Lipinski definition) is 3. The van der Waals surface area contributed by atoms with E-state index >= 15 is 0 Å². The Kier molecular flexibility index (Phi) is 9.40. The van der Waals surface area contributed by atoms with Gasteiger partial charge in [0.15, 0.2) is 11.5 Å². The summed E-state index contributed by atoms with van der Waals surface area (Å²) < 4.78 is 11.7. The van der Waals surface area contributed by atoms with Crippen LogP contribution in [0.25, 0.3) is 0 Å². The van der Waals surface area contributed by atoms with Crippen molar-refractivity contribution in [2.24, 2.45) is 11.7 Å². The molecule has 2 aromatic carbocycles. The minimum absolute atomic E-state index is 0. The first kappa shape index (κ1) is 21.3. The van der Waals surface area contributed by atoms with Gasteiger partial charge in [0.25, 0.3) is 0 Å². The molecule has 0 unspecified atom stereocenters. The molecule has 3 nitrogen and oxygen atoms in total. The highest BCUT2D eigenvalue weighted by atomic mass is 35.5. The molecule has 0 aliphatic heterocycles. The van der Waals surface area contributed by atoms with Gasteiger partial charge in [0.2, 0.25) is 0 Å². The number of ether oxygens (including phenoxy) is 2. The first-order valence-electron chi connectivity index (χ1n) is 8.79. The molecular formula is C21H30ClNO2. The maximum atomic E-state index is 6.33. The van der Waals surface area contributed by atoms with Gasteiger partial charge in [-0.1, -0.05) is 50.2 Å². The van der Waals surface area contributed by atoms with Gasteiger partial charge >= 0.3 is 0 Å². The molecule has 0 heterocycles. The van der Waals surface area contributed by atoms with Crippen molar-refractivity contribution < 1.29 is 9.47 Å². The zero-order valence-corrected chi connectivity index (χ0v) is 16.2. The zero-order chi connectivity index (χ0) is 17.4. The van der Waals surface area contributed by atoms with Crippen molar-refractivity contribution in [2.45, 2.75) is 46.3 Å². The minimum atomic E-state index is 0. The number of halogens is 1. The van der Waals surface area contributed by atoms with E-state index < -0.39 is 0 Å². The largest absolute Gasteiger partial charge is 0.490 e. The quantitative estimate of drug-likeness (QED) is 0.637.